The van der Waals surface area contributed by atoms with Crippen molar-refractivity contribution in [1.82, 2.24) is 25.2 Å². The molecule has 0 aliphatic rings. The third-order valence-corrected chi connectivity index (χ3v) is 4.27. The summed E-state index contributed by atoms with van der Waals surface area (Å²) < 4.78 is 1.37. The van der Waals surface area contributed by atoms with Crippen molar-refractivity contribution in [2.45, 2.75) is 39.8 Å². The Morgan fingerprint density at radius 1 is 1.19 bits per heavy atom. The molecule has 0 aliphatic heterocycles. The van der Waals surface area contributed by atoms with Crippen LogP contribution in [0.15, 0.2) is 30.5 Å². The summed E-state index contributed by atoms with van der Waals surface area (Å²) >= 11 is 0. The monoisotopic (exact) mass is 357 g/mol. The molecule has 0 saturated heterocycles. The van der Waals surface area contributed by atoms with Gasteiger partial charge >= 0.3 is 0 Å². The Balaban J connectivity index is 2.10. The van der Waals surface area contributed by atoms with Gasteiger partial charge in [0, 0.05) is 14.1 Å². The number of amides is 2. The third-order valence-electron chi connectivity index (χ3n) is 4.27. The van der Waals surface area contributed by atoms with Crippen molar-refractivity contribution in [3.05, 3.63) is 47.3 Å². The first-order valence-corrected chi connectivity index (χ1v) is 8.81. The molecule has 1 unspecified atom stereocenters. The van der Waals surface area contributed by atoms with Gasteiger partial charge in [-0.05, 0) is 23.5 Å². The van der Waals surface area contributed by atoms with E-state index < -0.39 is 0 Å². The van der Waals surface area contributed by atoms with Gasteiger partial charge in [-0.1, -0.05) is 50.3 Å². The van der Waals surface area contributed by atoms with E-state index in [0.29, 0.717) is 0 Å². The maximum atomic E-state index is 12.6. The first-order valence-electron chi connectivity index (χ1n) is 8.81. The van der Waals surface area contributed by atoms with Crippen molar-refractivity contribution in [1.29, 1.82) is 0 Å². The van der Waals surface area contributed by atoms with Gasteiger partial charge in [-0.15, -0.1) is 5.10 Å². The van der Waals surface area contributed by atoms with Gasteiger partial charge in [-0.3, -0.25) is 9.59 Å². The van der Waals surface area contributed by atoms with Crippen molar-refractivity contribution < 1.29 is 9.59 Å². The van der Waals surface area contributed by atoms with Crippen LogP contribution in [-0.4, -0.2) is 45.8 Å². The van der Waals surface area contributed by atoms with Crippen molar-refractivity contribution in [3.63, 3.8) is 0 Å². The Kier molecular flexibility index (Phi) is 6.49. The van der Waals surface area contributed by atoms with E-state index in [2.05, 4.69) is 60.7 Å². The van der Waals surface area contributed by atoms with Gasteiger partial charge in [0.2, 0.25) is 5.91 Å². The molecule has 0 spiro atoms. The molecule has 7 heteroatoms. The van der Waals surface area contributed by atoms with Crippen LogP contribution in [0, 0.1) is 5.92 Å². The van der Waals surface area contributed by atoms with Gasteiger partial charge in [-0.25, -0.2) is 4.68 Å². The fourth-order valence-electron chi connectivity index (χ4n) is 2.57. The number of benzene rings is 1. The minimum absolute atomic E-state index is 0.0549. The highest BCUT2D eigenvalue weighted by Gasteiger charge is 2.21. The Bertz CT molecular complexity index is 750. The largest absolute Gasteiger partial charge is 0.347 e. The van der Waals surface area contributed by atoms with E-state index in [4.69, 9.17) is 0 Å². The number of carbonyl (C=O) groups is 2. The van der Waals surface area contributed by atoms with Crippen molar-refractivity contribution >= 4 is 11.8 Å². The molecule has 1 aromatic heterocycles. The fourth-order valence-corrected chi connectivity index (χ4v) is 2.57. The molecule has 0 saturated carbocycles. The van der Waals surface area contributed by atoms with E-state index in [9.17, 15) is 9.59 Å². The van der Waals surface area contributed by atoms with E-state index >= 15 is 0 Å². The number of nitrogens with zero attached hydrogens (tertiary/aromatic N) is 4. The third kappa shape index (κ3) is 4.91. The smallest absolute Gasteiger partial charge is 0.273 e. The molecule has 2 aromatic rings. The normalized spacial score (nSPS) is 12.1. The second-order valence-corrected chi connectivity index (χ2v) is 6.88. The summed E-state index contributed by atoms with van der Waals surface area (Å²) in [6, 6.07) is 8.15. The molecule has 1 aromatic carbocycles. The second-order valence-electron chi connectivity index (χ2n) is 6.88. The van der Waals surface area contributed by atoms with Crippen LogP contribution < -0.4 is 5.32 Å². The van der Waals surface area contributed by atoms with Crippen LogP contribution in [0.2, 0.25) is 0 Å². The number of hydrogen-bond donors (Lipinski definition) is 1. The van der Waals surface area contributed by atoms with Crippen molar-refractivity contribution in [3.8, 4) is 0 Å². The van der Waals surface area contributed by atoms with Crippen LogP contribution in [0.3, 0.4) is 0 Å². The summed E-state index contributed by atoms with van der Waals surface area (Å²) in [6.45, 7) is 6.29. The highest BCUT2D eigenvalue weighted by atomic mass is 16.2. The molecule has 2 amide bonds. The van der Waals surface area contributed by atoms with E-state index in [-0.39, 0.29) is 36.0 Å². The molecule has 1 N–H and O–H groups in total. The number of likely N-dealkylation sites (N-methyl/N-ethyl adjacent to an activating group) is 1. The van der Waals surface area contributed by atoms with E-state index in [1.54, 1.807) is 14.1 Å². The molecule has 1 heterocycles. The molecular weight excluding hydrogens is 330 g/mol. The summed E-state index contributed by atoms with van der Waals surface area (Å²) in [5, 5.41) is 10.8. The molecule has 7 nitrogen and oxygen atoms in total. The summed E-state index contributed by atoms with van der Waals surface area (Å²) in [7, 11) is 3.34. The quantitative estimate of drug-likeness (QED) is 0.822. The predicted molar refractivity (Wildman–Crippen MR) is 99.6 cm³/mol. The maximum Gasteiger partial charge on any atom is 0.273 e. The fraction of sp³-hybridized carbons (Fsp3) is 0.474. The van der Waals surface area contributed by atoms with Gasteiger partial charge in [0.15, 0.2) is 5.69 Å². The summed E-state index contributed by atoms with van der Waals surface area (Å²) in [5.74, 6) is -0.193. The molecule has 0 fully saturated rings. The minimum atomic E-state index is -0.299. The first-order chi connectivity index (χ1) is 12.3. The molecule has 0 bridgehead atoms. The average Bonchev–Trinajstić information content (AvgIpc) is 3.08. The summed E-state index contributed by atoms with van der Waals surface area (Å²) in [6.07, 6.45) is 2.47. The predicted octanol–water partition coefficient (Wildman–Crippen LogP) is 2.06. The van der Waals surface area contributed by atoms with Crippen LogP contribution in [0.4, 0.5) is 0 Å². The van der Waals surface area contributed by atoms with Gasteiger partial charge in [0.05, 0.1) is 12.2 Å². The zero-order valence-corrected chi connectivity index (χ0v) is 16.1. The molecule has 2 rings (SSSR count). The Labute approximate surface area is 154 Å². The van der Waals surface area contributed by atoms with Crippen LogP contribution in [0.1, 0.15) is 48.4 Å². The minimum Gasteiger partial charge on any atom is -0.347 e. The lowest BCUT2D eigenvalue weighted by Gasteiger charge is -2.22. The van der Waals surface area contributed by atoms with Gasteiger partial charge in [-0.2, -0.15) is 0 Å². The van der Waals surface area contributed by atoms with Gasteiger partial charge in [0.25, 0.3) is 5.91 Å². The number of nitrogens with one attached hydrogen (secondary N) is 1. The standard InChI is InChI=1S/C19H27N5O2/c1-6-14-7-9-15(10-8-14)18(13(2)3)20-19(26)16-11-24(22-21-16)12-17(25)23(4)5/h7-11,13,18H,6,12H2,1-5H3,(H,20,26). The van der Waals surface area contributed by atoms with Crippen LogP contribution in [0.25, 0.3) is 0 Å². The SMILES string of the molecule is CCc1ccc(C(NC(=O)c2cn(CC(=O)N(C)C)nn2)C(C)C)cc1. The Morgan fingerprint density at radius 2 is 1.85 bits per heavy atom. The van der Waals surface area contributed by atoms with Gasteiger partial charge in [0.1, 0.15) is 6.54 Å². The molecule has 26 heavy (non-hydrogen) atoms. The van der Waals surface area contributed by atoms with E-state index in [1.807, 2.05) is 0 Å². The Hall–Kier alpha value is -2.70. The summed E-state index contributed by atoms with van der Waals surface area (Å²) in [5.41, 5.74) is 2.52. The zero-order chi connectivity index (χ0) is 19.3. The number of aromatic nitrogens is 3. The molecule has 140 valence electrons. The number of carbonyl (C=O) groups excluding carboxylic acids is 2. The maximum absolute atomic E-state index is 12.6. The van der Waals surface area contributed by atoms with E-state index in [1.165, 1.54) is 21.3 Å². The topological polar surface area (TPSA) is 80.1 Å². The highest BCUT2D eigenvalue weighted by Crippen LogP contribution is 2.22. The first kappa shape index (κ1) is 19.6. The lowest BCUT2D eigenvalue weighted by atomic mass is 9.94. The van der Waals surface area contributed by atoms with Crippen LogP contribution in [-0.2, 0) is 17.8 Å². The lowest BCUT2D eigenvalue weighted by Crippen LogP contribution is -2.32. The van der Waals surface area contributed by atoms with Crippen molar-refractivity contribution in [2.24, 2.45) is 5.92 Å². The molecule has 0 aliphatic carbocycles. The second kappa shape index (κ2) is 8.60. The number of aryl methyl sites for hydroxylation is 1. The highest BCUT2D eigenvalue weighted by molar-refractivity contribution is 5.92. The lowest BCUT2D eigenvalue weighted by molar-refractivity contribution is -0.129. The Morgan fingerprint density at radius 3 is 2.38 bits per heavy atom. The van der Waals surface area contributed by atoms with Crippen molar-refractivity contribution in [2.75, 3.05) is 14.1 Å². The van der Waals surface area contributed by atoms with Crippen LogP contribution in [0.5, 0.6) is 0 Å². The zero-order valence-electron chi connectivity index (χ0n) is 16.1. The van der Waals surface area contributed by atoms with Crippen LogP contribution >= 0.6 is 0 Å². The number of rotatable bonds is 7. The number of hydrogen-bond acceptors (Lipinski definition) is 4. The summed E-state index contributed by atoms with van der Waals surface area (Å²) in [4.78, 5) is 25.8. The molecular formula is C19H27N5O2. The molecule has 1 atom stereocenters. The van der Waals surface area contributed by atoms with E-state index in [0.717, 1.165) is 12.0 Å². The average molecular weight is 357 g/mol. The van der Waals surface area contributed by atoms with Gasteiger partial charge < -0.3 is 10.2 Å². The molecule has 0 radical (unpaired) electrons.